The fourth-order valence-corrected chi connectivity index (χ4v) is 2.32. The normalized spacial score (nSPS) is 16.3. The molecule has 2 rings (SSSR count). The number of benzene rings is 1. The van der Waals surface area contributed by atoms with E-state index in [1.54, 1.807) is 11.8 Å². The summed E-state index contributed by atoms with van der Waals surface area (Å²) < 4.78 is 0. The van der Waals surface area contributed by atoms with E-state index in [-0.39, 0.29) is 11.3 Å². The van der Waals surface area contributed by atoms with Gasteiger partial charge in [0.25, 0.3) is 0 Å². The number of rotatable bonds is 6. The summed E-state index contributed by atoms with van der Waals surface area (Å²) in [6.45, 7) is 1.40. The Morgan fingerprint density at radius 1 is 1.39 bits per heavy atom. The van der Waals surface area contributed by atoms with Gasteiger partial charge < -0.3 is 11.1 Å². The van der Waals surface area contributed by atoms with Crippen LogP contribution < -0.4 is 11.1 Å². The first-order valence-electron chi connectivity index (χ1n) is 6.27. The first-order valence-corrected chi connectivity index (χ1v) is 7.50. The zero-order valence-electron chi connectivity index (χ0n) is 10.7. The number of amides is 1. The monoisotopic (exact) mass is 264 g/mol. The van der Waals surface area contributed by atoms with Crippen LogP contribution in [0.25, 0.3) is 0 Å². The maximum atomic E-state index is 11.8. The minimum atomic E-state index is 0.0895. The van der Waals surface area contributed by atoms with E-state index in [9.17, 15) is 4.79 Å². The lowest BCUT2D eigenvalue weighted by Crippen LogP contribution is -2.34. The lowest BCUT2D eigenvalue weighted by atomic mass is 10.1. The summed E-state index contributed by atoms with van der Waals surface area (Å²) in [7, 11) is 0. The van der Waals surface area contributed by atoms with E-state index in [0.29, 0.717) is 13.0 Å². The molecule has 1 aromatic rings. The number of carbonyl (C=O) groups excluding carboxylic acids is 1. The van der Waals surface area contributed by atoms with Crippen molar-refractivity contribution in [2.75, 3.05) is 19.3 Å². The van der Waals surface area contributed by atoms with Crippen LogP contribution in [0.4, 0.5) is 0 Å². The van der Waals surface area contributed by atoms with Crippen molar-refractivity contribution in [1.29, 1.82) is 0 Å². The standard InChI is InChI=1S/C14H20N2OS/c1-18-12-4-2-11(3-5-12)8-13(17)16-10-14(9-15)6-7-14/h2-5H,6-10,15H2,1H3,(H,16,17). The molecule has 0 unspecified atom stereocenters. The zero-order valence-corrected chi connectivity index (χ0v) is 11.6. The van der Waals surface area contributed by atoms with Crippen LogP contribution in [0.2, 0.25) is 0 Å². The van der Waals surface area contributed by atoms with E-state index in [2.05, 4.69) is 17.4 Å². The van der Waals surface area contributed by atoms with Crippen molar-refractivity contribution in [2.45, 2.75) is 24.2 Å². The molecule has 1 aliphatic carbocycles. The number of nitrogens with one attached hydrogen (secondary N) is 1. The number of thioether (sulfide) groups is 1. The third-order valence-corrected chi connectivity index (χ3v) is 4.32. The van der Waals surface area contributed by atoms with Crippen molar-refractivity contribution in [3.63, 3.8) is 0 Å². The molecule has 1 aromatic carbocycles. The fraction of sp³-hybridized carbons (Fsp3) is 0.500. The van der Waals surface area contributed by atoms with Crippen molar-refractivity contribution in [3.8, 4) is 0 Å². The van der Waals surface area contributed by atoms with Crippen molar-refractivity contribution in [3.05, 3.63) is 29.8 Å². The second-order valence-electron chi connectivity index (χ2n) is 5.01. The predicted octanol–water partition coefficient (Wildman–Crippen LogP) is 1.81. The first kappa shape index (κ1) is 13.4. The molecule has 0 atom stereocenters. The Hall–Kier alpha value is -1.00. The van der Waals surface area contributed by atoms with Crippen molar-refractivity contribution < 1.29 is 4.79 Å². The topological polar surface area (TPSA) is 55.1 Å². The van der Waals surface area contributed by atoms with Crippen molar-refractivity contribution in [1.82, 2.24) is 5.32 Å². The van der Waals surface area contributed by atoms with Gasteiger partial charge in [-0.15, -0.1) is 11.8 Å². The molecule has 0 spiro atoms. The van der Waals surface area contributed by atoms with E-state index in [4.69, 9.17) is 5.73 Å². The van der Waals surface area contributed by atoms with Gasteiger partial charge in [-0.2, -0.15) is 0 Å². The molecule has 18 heavy (non-hydrogen) atoms. The average Bonchev–Trinajstić information content (AvgIpc) is 3.18. The molecule has 1 fully saturated rings. The van der Waals surface area contributed by atoms with Crippen LogP contribution in [0.15, 0.2) is 29.2 Å². The van der Waals surface area contributed by atoms with Gasteiger partial charge >= 0.3 is 0 Å². The molecule has 0 aliphatic heterocycles. The lowest BCUT2D eigenvalue weighted by Gasteiger charge is -2.13. The summed E-state index contributed by atoms with van der Waals surface area (Å²) in [5.74, 6) is 0.0895. The lowest BCUT2D eigenvalue weighted by molar-refractivity contribution is -0.120. The molecule has 0 radical (unpaired) electrons. The van der Waals surface area contributed by atoms with E-state index < -0.39 is 0 Å². The summed E-state index contributed by atoms with van der Waals surface area (Å²) in [6.07, 6.45) is 4.79. The van der Waals surface area contributed by atoms with Gasteiger partial charge in [-0.05, 0) is 48.8 Å². The van der Waals surface area contributed by atoms with Crippen LogP contribution in [-0.2, 0) is 11.2 Å². The van der Waals surface area contributed by atoms with Crippen molar-refractivity contribution >= 4 is 17.7 Å². The zero-order chi connectivity index (χ0) is 13.0. The van der Waals surface area contributed by atoms with E-state index in [1.807, 2.05) is 18.4 Å². The molecule has 0 aromatic heterocycles. The molecule has 1 amide bonds. The number of hydrogen-bond acceptors (Lipinski definition) is 3. The summed E-state index contributed by atoms with van der Waals surface area (Å²) in [4.78, 5) is 13.0. The summed E-state index contributed by atoms with van der Waals surface area (Å²) >= 11 is 1.71. The van der Waals surface area contributed by atoms with E-state index in [1.165, 1.54) is 4.90 Å². The minimum Gasteiger partial charge on any atom is -0.355 e. The molecule has 4 heteroatoms. The summed E-state index contributed by atoms with van der Waals surface area (Å²) in [5, 5.41) is 2.99. The highest BCUT2D eigenvalue weighted by Crippen LogP contribution is 2.43. The third kappa shape index (κ3) is 3.50. The summed E-state index contributed by atoms with van der Waals surface area (Å²) in [6, 6.07) is 8.13. The molecule has 0 bridgehead atoms. The number of nitrogens with two attached hydrogens (primary N) is 1. The predicted molar refractivity (Wildman–Crippen MR) is 75.7 cm³/mol. The largest absolute Gasteiger partial charge is 0.355 e. The second-order valence-corrected chi connectivity index (χ2v) is 5.89. The summed E-state index contributed by atoms with van der Waals surface area (Å²) in [5.41, 5.74) is 6.95. The quantitative estimate of drug-likeness (QED) is 0.770. The number of hydrogen-bond donors (Lipinski definition) is 2. The van der Waals surface area contributed by atoms with Gasteiger partial charge in [0.1, 0.15) is 0 Å². The molecular formula is C14H20N2OS. The van der Waals surface area contributed by atoms with Gasteiger partial charge in [0.2, 0.25) is 5.91 Å². The Labute approximate surface area is 113 Å². The van der Waals surface area contributed by atoms with Gasteiger partial charge in [0, 0.05) is 11.4 Å². The molecular weight excluding hydrogens is 244 g/mol. The maximum Gasteiger partial charge on any atom is 0.224 e. The van der Waals surface area contributed by atoms with Crippen LogP contribution >= 0.6 is 11.8 Å². The Morgan fingerprint density at radius 2 is 2.06 bits per heavy atom. The van der Waals surface area contributed by atoms with Crippen molar-refractivity contribution in [2.24, 2.45) is 11.1 Å². The minimum absolute atomic E-state index is 0.0895. The van der Waals surface area contributed by atoms with Crippen LogP contribution in [-0.4, -0.2) is 25.3 Å². The van der Waals surface area contributed by atoms with Gasteiger partial charge in [-0.1, -0.05) is 12.1 Å². The first-order chi connectivity index (χ1) is 8.67. The molecule has 3 nitrogen and oxygen atoms in total. The van der Waals surface area contributed by atoms with E-state index >= 15 is 0 Å². The Morgan fingerprint density at radius 3 is 2.56 bits per heavy atom. The molecule has 1 saturated carbocycles. The SMILES string of the molecule is CSc1ccc(CC(=O)NCC2(CN)CC2)cc1. The Kier molecular flexibility index (Phi) is 4.30. The highest BCUT2D eigenvalue weighted by atomic mass is 32.2. The second kappa shape index (κ2) is 5.76. The Bertz CT molecular complexity index is 412. The molecule has 1 aliphatic rings. The average molecular weight is 264 g/mol. The van der Waals surface area contributed by atoms with E-state index in [0.717, 1.165) is 24.9 Å². The maximum absolute atomic E-state index is 11.8. The highest BCUT2D eigenvalue weighted by Gasteiger charge is 2.41. The van der Waals surface area contributed by atoms with Crippen LogP contribution in [0.5, 0.6) is 0 Å². The fourth-order valence-electron chi connectivity index (χ4n) is 1.91. The molecule has 3 N–H and O–H groups in total. The third-order valence-electron chi connectivity index (χ3n) is 3.57. The van der Waals surface area contributed by atoms with Gasteiger partial charge in [0.15, 0.2) is 0 Å². The molecule has 0 saturated heterocycles. The Balaban J connectivity index is 1.79. The molecule has 0 heterocycles. The van der Waals surface area contributed by atoms with Crippen LogP contribution in [0.3, 0.4) is 0 Å². The van der Waals surface area contributed by atoms with Gasteiger partial charge in [-0.25, -0.2) is 0 Å². The number of carbonyl (C=O) groups is 1. The smallest absolute Gasteiger partial charge is 0.224 e. The molecule has 98 valence electrons. The van der Waals surface area contributed by atoms with Crippen LogP contribution in [0.1, 0.15) is 18.4 Å². The highest BCUT2D eigenvalue weighted by molar-refractivity contribution is 7.98. The van der Waals surface area contributed by atoms with Crippen LogP contribution in [0, 0.1) is 5.41 Å². The van der Waals surface area contributed by atoms with Gasteiger partial charge in [0.05, 0.1) is 6.42 Å². The van der Waals surface area contributed by atoms with Gasteiger partial charge in [-0.3, -0.25) is 4.79 Å².